The van der Waals surface area contributed by atoms with Crippen LogP contribution in [0.3, 0.4) is 0 Å². The molecule has 0 spiro atoms. The smallest absolute Gasteiger partial charge is 0.255 e. The Morgan fingerprint density at radius 2 is 1.71 bits per heavy atom. The lowest BCUT2D eigenvalue weighted by atomic mass is 9.97. The highest BCUT2D eigenvalue weighted by Crippen LogP contribution is 2.34. The van der Waals surface area contributed by atoms with Crippen LogP contribution in [0.4, 0.5) is 14.6 Å². The molecule has 0 bridgehead atoms. The van der Waals surface area contributed by atoms with Crippen LogP contribution in [0.25, 0.3) is 33.0 Å². The van der Waals surface area contributed by atoms with Crippen molar-refractivity contribution in [1.29, 1.82) is 0 Å². The molecule has 0 saturated heterocycles. The van der Waals surface area contributed by atoms with Gasteiger partial charge < -0.3 is 15.6 Å². The summed E-state index contributed by atoms with van der Waals surface area (Å²) < 4.78 is 28.9. The summed E-state index contributed by atoms with van der Waals surface area (Å²) in [5, 5.41) is 1.34. The average molecular weight is 420 g/mol. The molecule has 4 aromatic rings. The third-order valence-electron chi connectivity index (χ3n) is 5.27. The number of nitrogens with zero attached hydrogens (tertiary/aromatic N) is 2. The Balaban J connectivity index is 1.87. The van der Waals surface area contributed by atoms with Crippen LogP contribution < -0.4 is 11.3 Å². The maximum Gasteiger partial charge on any atom is 0.255 e. The Morgan fingerprint density at radius 1 is 1.00 bits per heavy atom. The number of aryl methyl sites for hydroxylation is 1. The molecule has 0 atom stereocenters. The van der Waals surface area contributed by atoms with Crippen LogP contribution in [0, 0.1) is 18.7 Å². The summed E-state index contributed by atoms with van der Waals surface area (Å²) in [5.74, 6) is -1.03. The number of halogens is 2. The van der Waals surface area contributed by atoms with Gasteiger partial charge in [-0.05, 0) is 73.4 Å². The summed E-state index contributed by atoms with van der Waals surface area (Å²) in [6.45, 7) is 2.28. The summed E-state index contributed by atoms with van der Waals surface area (Å²) in [4.78, 5) is 20.5. The van der Waals surface area contributed by atoms with E-state index in [0.29, 0.717) is 34.2 Å². The van der Waals surface area contributed by atoms with Gasteiger partial charge in [0.1, 0.15) is 11.6 Å². The fourth-order valence-corrected chi connectivity index (χ4v) is 3.71. The SMILES string of the molecule is Cc1c[nH]c(=O)c2ccc(-c3cc(-c4ccc(F)c(CN(C)C)c4)c(F)nc3N)cc12. The maximum atomic E-state index is 14.8. The summed E-state index contributed by atoms with van der Waals surface area (Å²) in [5.41, 5.74) is 9.21. The van der Waals surface area contributed by atoms with Gasteiger partial charge in [-0.1, -0.05) is 12.1 Å². The van der Waals surface area contributed by atoms with Gasteiger partial charge in [-0.2, -0.15) is 4.39 Å². The number of nitrogens with one attached hydrogen (secondary N) is 1. The topological polar surface area (TPSA) is 75.0 Å². The second-order valence-corrected chi connectivity index (χ2v) is 7.86. The van der Waals surface area contributed by atoms with E-state index in [4.69, 9.17) is 5.73 Å². The highest BCUT2D eigenvalue weighted by atomic mass is 19.1. The molecule has 4 rings (SSSR count). The quantitative estimate of drug-likeness (QED) is 0.477. The highest BCUT2D eigenvalue weighted by molar-refractivity contribution is 5.91. The number of rotatable bonds is 4. The fraction of sp³-hybridized carbons (Fsp3) is 0.167. The molecule has 158 valence electrons. The van der Waals surface area contributed by atoms with E-state index in [1.807, 2.05) is 32.0 Å². The van der Waals surface area contributed by atoms with Crippen molar-refractivity contribution in [3.8, 4) is 22.3 Å². The number of hydrogen-bond donors (Lipinski definition) is 2. The van der Waals surface area contributed by atoms with Crippen molar-refractivity contribution in [2.75, 3.05) is 19.8 Å². The molecule has 0 unspecified atom stereocenters. The summed E-state index contributed by atoms with van der Waals surface area (Å²) >= 11 is 0. The second-order valence-electron chi connectivity index (χ2n) is 7.86. The molecule has 0 saturated carbocycles. The number of pyridine rings is 2. The molecule has 2 heterocycles. The lowest BCUT2D eigenvalue weighted by molar-refractivity contribution is 0.392. The Bertz CT molecular complexity index is 1360. The zero-order chi connectivity index (χ0) is 22.3. The van der Waals surface area contributed by atoms with Crippen molar-refractivity contribution in [1.82, 2.24) is 14.9 Å². The minimum absolute atomic E-state index is 0.0405. The zero-order valence-corrected chi connectivity index (χ0v) is 17.5. The number of H-pyrrole nitrogens is 1. The van der Waals surface area contributed by atoms with Crippen molar-refractivity contribution in [2.45, 2.75) is 13.5 Å². The number of fused-ring (bicyclic) bond motifs is 1. The monoisotopic (exact) mass is 420 g/mol. The van der Waals surface area contributed by atoms with Gasteiger partial charge in [-0.25, -0.2) is 9.37 Å². The third-order valence-corrected chi connectivity index (χ3v) is 5.27. The van der Waals surface area contributed by atoms with E-state index in [-0.39, 0.29) is 22.8 Å². The van der Waals surface area contributed by atoms with Crippen molar-refractivity contribution < 1.29 is 8.78 Å². The van der Waals surface area contributed by atoms with E-state index in [1.165, 1.54) is 12.1 Å². The van der Waals surface area contributed by atoms with Crippen molar-refractivity contribution in [3.05, 3.63) is 81.9 Å². The first-order chi connectivity index (χ1) is 14.7. The molecular weight excluding hydrogens is 398 g/mol. The summed E-state index contributed by atoms with van der Waals surface area (Å²) in [7, 11) is 3.67. The Morgan fingerprint density at radius 3 is 2.45 bits per heavy atom. The second kappa shape index (κ2) is 7.92. The van der Waals surface area contributed by atoms with Crippen LogP contribution in [0.15, 0.2) is 53.5 Å². The largest absolute Gasteiger partial charge is 0.383 e. The molecule has 0 fully saturated rings. The number of anilines is 1. The number of benzene rings is 2. The Labute approximate surface area is 178 Å². The molecule has 31 heavy (non-hydrogen) atoms. The van der Waals surface area contributed by atoms with E-state index in [1.54, 1.807) is 30.5 Å². The van der Waals surface area contributed by atoms with Gasteiger partial charge in [0.15, 0.2) is 0 Å². The van der Waals surface area contributed by atoms with Crippen molar-refractivity contribution >= 4 is 16.6 Å². The number of aromatic amines is 1. The first kappa shape index (κ1) is 20.7. The molecule has 0 aliphatic rings. The van der Waals surface area contributed by atoms with E-state index < -0.39 is 5.95 Å². The van der Waals surface area contributed by atoms with Crippen LogP contribution in [0.5, 0.6) is 0 Å². The normalized spacial score (nSPS) is 11.4. The highest BCUT2D eigenvalue weighted by Gasteiger charge is 2.16. The van der Waals surface area contributed by atoms with Gasteiger partial charge in [0.05, 0.1) is 0 Å². The zero-order valence-electron chi connectivity index (χ0n) is 17.5. The number of hydrogen-bond acceptors (Lipinski definition) is 4. The minimum Gasteiger partial charge on any atom is -0.383 e. The van der Waals surface area contributed by atoms with Gasteiger partial charge in [0.2, 0.25) is 5.95 Å². The lowest BCUT2D eigenvalue weighted by Gasteiger charge is -2.14. The van der Waals surface area contributed by atoms with E-state index in [2.05, 4.69) is 9.97 Å². The van der Waals surface area contributed by atoms with E-state index in [9.17, 15) is 13.6 Å². The molecule has 2 aromatic heterocycles. The maximum absolute atomic E-state index is 14.8. The average Bonchev–Trinajstić information content (AvgIpc) is 2.72. The molecule has 2 aromatic carbocycles. The number of aromatic nitrogens is 2. The Kier molecular flexibility index (Phi) is 5.29. The first-order valence-electron chi connectivity index (χ1n) is 9.76. The van der Waals surface area contributed by atoms with Gasteiger partial charge >= 0.3 is 0 Å². The predicted octanol–water partition coefficient (Wildman–Crippen LogP) is 4.49. The molecule has 3 N–H and O–H groups in total. The van der Waals surface area contributed by atoms with Crippen LogP contribution in [0.2, 0.25) is 0 Å². The van der Waals surface area contributed by atoms with E-state index >= 15 is 0 Å². The minimum atomic E-state index is -0.725. The van der Waals surface area contributed by atoms with E-state index in [0.717, 1.165) is 10.9 Å². The summed E-state index contributed by atoms with van der Waals surface area (Å²) in [6, 6.07) is 11.4. The van der Waals surface area contributed by atoms with Gasteiger partial charge in [-0.3, -0.25) is 4.79 Å². The van der Waals surface area contributed by atoms with Crippen molar-refractivity contribution in [3.63, 3.8) is 0 Å². The number of nitrogen functional groups attached to an aromatic ring is 1. The van der Waals surface area contributed by atoms with Crippen LogP contribution >= 0.6 is 0 Å². The predicted molar refractivity (Wildman–Crippen MR) is 120 cm³/mol. The first-order valence-corrected chi connectivity index (χ1v) is 9.76. The van der Waals surface area contributed by atoms with Crippen LogP contribution in [-0.2, 0) is 6.54 Å². The molecule has 0 radical (unpaired) electrons. The number of nitrogens with two attached hydrogens (primary N) is 1. The lowest BCUT2D eigenvalue weighted by Crippen LogP contribution is -2.12. The molecule has 0 aliphatic carbocycles. The molecule has 5 nitrogen and oxygen atoms in total. The third kappa shape index (κ3) is 3.92. The van der Waals surface area contributed by atoms with Crippen molar-refractivity contribution in [2.24, 2.45) is 0 Å². The van der Waals surface area contributed by atoms with Gasteiger partial charge in [-0.15, -0.1) is 0 Å². The molecular formula is C24H22F2N4O. The van der Waals surface area contributed by atoms with Gasteiger partial charge in [0, 0.05) is 34.8 Å². The van der Waals surface area contributed by atoms with Crippen LogP contribution in [0.1, 0.15) is 11.1 Å². The standard InChI is InChI=1S/C24H22F2N4O/c1-13-11-28-24(31)17-6-4-15(9-18(13)17)20-10-19(22(26)29-23(20)27)14-5-7-21(25)16(8-14)12-30(2)3/h4-11H,12H2,1-3H3,(H2,27,29)(H,28,31). The Hall–Kier alpha value is -3.58. The molecule has 0 amide bonds. The fourth-order valence-electron chi connectivity index (χ4n) is 3.71. The molecule has 0 aliphatic heterocycles. The van der Waals surface area contributed by atoms with Gasteiger partial charge in [0.25, 0.3) is 5.56 Å². The summed E-state index contributed by atoms with van der Waals surface area (Å²) in [6.07, 6.45) is 1.65. The molecule has 7 heteroatoms. The van der Waals surface area contributed by atoms with Crippen LogP contribution in [-0.4, -0.2) is 29.0 Å².